The molecule has 0 atom stereocenters. The number of rotatable bonds is 5. The molecule has 0 unspecified atom stereocenters. The maximum absolute atomic E-state index is 13.4. The van der Waals surface area contributed by atoms with E-state index >= 15 is 0 Å². The van der Waals surface area contributed by atoms with Gasteiger partial charge in [0.15, 0.2) is 0 Å². The second-order valence-electron chi connectivity index (χ2n) is 8.62. The first kappa shape index (κ1) is 21.5. The average molecular weight is 466 g/mol. The summed E-state index contributed by atoms with van der Waals surface area (Å²) in [5, 5.41) is 16.3. The number of nitro groups is 1. The number of aryl methyl sites for hydroxylation is 1. The molecular weight excluding hydrogens is 442 g/mol. The molecule has 0 N–H and O–H groups in total. The number of hydrogen-bond donors (Lipinski definition) is 0. The third-order valence-electron chi connectivity index (χ3n) is 6.37. The van der Waals surface area contributed by atoms with Gasteiger partial charge in [-0.25, -0.2) is 4.68 Å². The Morgan fingerprint density at radius 1 is 1.09 bits per heavy atom. The van der Waals surface area contributed by atoms with E-state index in [2.05, 4.69) is 10.00 Å². The molecule has 0 radical (unpaired) electrons. The molecule has 1 aliphatic heterocycles. The van der Waals surface area contributed by atoms with Gasteiger partial charge in [0.1, 0.15) is 0 Å². The van der Waals surface area contributed by atoms with Gasteiger partial charge in [-0.15, -0.1) is 0 Å². The molecule has 8 nitrogen and oxygen atoms in total. The lowest BCUT2D eigenvalue weighted by atomic mass is 10.1. The summed E-state index contributed by atoms with van der Waals surface area (Å²) in [4.78, 5) is 28.1. The standard InChI is InChI=1S/C24H24ClN5O3/c1-16-5-8-19(14-22(16)25)29-23(17-6-7-17)21(15-26-29)24(31)28-11-9-27(10-12-28)18-3-2-4-20(13-18)30(32)33/h2-5,8,13-15,17H,6-7,9-12H2,1H3. The number of anilines is 1. The van der Waals surface area contributed by atoms with E-state index in [9.17, 15) is 14.9 Å². The highest BCUT2D eigenvalue weighted by Crippen LogP contribution is 2.43. The molecule has 2 heterocycles. The monoisotopic (exact) mass is 465 g/mol. The SMILES string of the molecule is Cc1ccc(-n2ncc(C(=O)N3CCN(c4cccc([N+](=O)[O-])c4)CC3)c2C2CC2)cc1Cl. The van der Waals surface area contributed by atoms with Crippen LogP contribution < -0.4 is 4.90 Å². The number of hydrogen-bond acceptors (Lipinski definition) is 5. The normalized spacial score (nSPS) is 16.2. The number of carbonyl (C=O) groups excluding carboxylic acids is 1. The van der Waals surface area contributed by atoms with E-state index in [1.807, 2.05) is 40.8 Å². The first-order valence-electron chi connectivity index (χ1n) is 11.1. The summed E-state index contributed by atoms with van der Waals surface area (Å²) in [6.45, 7) is 4.29. The number of nitrogens with zero attached hydrogens (tertiary/aromatic N) is 5. The number of benzene rings is 2. The van der Waals surface area contributed by atoms with E-state index in [0.29, 0.717) is 42.7 Å². The van der Waals surface area contributed by atoms with Crippen molar-refractivity contribution in [2.75, 3.05) is 31.1 Å². The number of amides is 1. The minimum absolute atomic E-state index is 0.0138. The molecule has 2 aromatic carbocycles. The summed E-state index contributed by atoms with van der Waals surface area (Å²) in [5.41, 5.74) is 4.35. The lowest BCUT2D eigenvalue weighted by molar-refractivity contribution is -0.384. The van der Waals surface area contributed by atoms with Crippen LogP contribution in [0.2, 0.25) is 5.02 Å². The number of halogens is 1. The lowest BCUT2D eigenvalue weighted by Crippen LogP contribution is -2.49. The Morgan fingerprint density at radius 2 is 1.85 bits per heavy atom. The molecule has 3 aromatic rings. The minimum atomic E-state index is -0.387. The Hall–Kier alpha value is -3.39. The van der Waals surface area contributed by atoms with Crippen molar-refractivity contribution in [1.29, 1.82) is 0 Å². The summed E-state index contributed by atoms with van der Waals surface area (Å²) < 4.78 is 1.86. The molecule has 1 saturated carbocycles. The molecule has 33 heavy (non-hydrogen) atoms. The second-order valence-corrected chi connectivity index (χ2v) is 9.03. The fourth-order valence-corrected chi connectivity index (χ4v) is 4.51. The number of nitro benzene ring substituents is 1. The molecule has 1 saturated heterocycles. The first-order chi connectivity index (χ1) is 15.9. The van der Waals surface area contributed by atoms with Crippen LogP contribution in [0.25, 0.3) is 5.69 Å². The summed E-state index contributed by atoms with van der Waals surface area (Å²) in [6, 6.07) is 12.5. The van der Waals surface area contributed by atoms with Crippen molar-refractivity contribution in [1.82, 2.24) is 14.7 Å². The van der Waals surface area contributed by atoms with Crippen molar-refractivity contribution in [2.24, 2.45) is 0 Å². The van der Waals surface area contributed by atoms with E-state index in [1.165, 1.54) is 6.07 Å². The third-order valence-corrected chi connectivity index (χ3v) is 6.78. The van der Waals surface area contributed by atoms with Crippen LogP contribution in [0.15, 0.2) is 48.7 Å². The quantitative estimate of drug-likeness (QED) is 0.406. The summed E-state index contributed by atoms with van der Waals surface area (Å²) in [7, 11) is 0. The average Bonchev–Trinajstić information content (AvgIpc) is 3.58. The molecule has 2 aliphatic rings. The minimum Gasteiger partial charge on any atom is -0.368 e. The van der Waals surface area contributed by atoms with Crippen LogP contribution in [-0.2, 0) is 0 Å². The number of non-ortho nitro benzene ring substituents is 1. The molecule has 5 rings (SSSR count). The van der Waals surface area contributed by atoms with Crippen LogP contribution >= 0.6 is 11.6 Å². The van der Waals surface area contributed by atoms with Crippen molar-refractivity contribution in [3.05, 3.63) is 80.6 Å². The highest BCUT2D eigenvalue weighted by atomic mass is 35.5. The van der Waals surface area contributed by atoms with Crippen LogP contribution in [-0.4, -0.2) is 51.7 Å². The highest BCUT2D eigenvalue weighted by molar-refractivity contribution is 6.31. The number of aromatic nitrogens is 2. The van der Waals surface area contributed by atoms with Crippen LogP contribution in [0.4, 0.5) is 11.4 Å². The lowest BCUT2D eigenvalue weighted by Gasteiger charge is -2.36. The predicted molar refractivity (Wildman–Crippen MR) is 126 cm³/mol. The van der Waals surface area contributed by atoms with Crippen molar-refractivity contribution >= 4 is 28.9 Å². The van der Waals surface area contributed by atoms with Crippen molar-refractivity contribution < 1.29 is 9.72 Å². The van der Waals surface area contributed by atoms with Gasteiger partial charge in [-0.2, -0.15) is 5.10 Å². The van der Waals surface area contributed by atoms with Crippen LogP contribution in [0.5, 0.6) is 0 Å². The topological polar surface area (TPSA) is 84.5 Å². The second kappa shape index (κ2) is 8.51. The molecule has 1 amide bonds. The van der Waals surface area contributed by atoms with E-state index in [1.54, 1.807) is 18.3 Å². The molecular formula is C24H24ClN5O3. The maximum Gasteiger partial charge on any atom is 0.271 e. The molecule has 0 bridgehead atoms. The zero-order valence-electron chi connectivity index (χ0n) is 18.3. The smallest absolute Gasteiger partial charge is 0.271 e. The molecule has 9 heteroatoms. The van der Waals surface area contributed by atoms with Gasteiger partial charge in [0, 0.05) is 54.9 Å². The fourth-order valence-electron chi connectivity index (χ4n) is 4.33. The van der Waals surface area contributed by atoms with Crippen LogP contribution in [0.3, 0.4) is 0 Å². The summed E-state index contributed by atoms with van der Waals surface area (Å²) >= 11 is 6.34. The van der Waals surface area contributed by atoms with Crippen molar-refractivity contribution in [3.63, 3.8) is 0 Å². The zero-order valence-corrected chi connectivity index (χ0v) is 19.0. The van der Waals surface area contributed by atoms with E-state index in [4.69, 9.17) is 11.6 Å². The summed E-state index contributed by atoms with van der Waals surface area (Å²) in [6.07, 6.45) is 3.77. The van der Waals surface area contributed by atoms with Gasteiger partial charge < -0.3 is 9.80 Å². The van der Waals surface area contributed by atoms with E-state index < -0.39 is 0 Å². The van der Waals surface area contributed by atoms with Crippen LogP contribution in [0.1, 0.15) is 40.4 Å². The molecule has 1 aromatic heterocycles. The Morgan fingerprint density at radius 3 is 2.52 bits per heavy atom. The number of carbonyl (C=O) groups is 1. The highest BCUT2D eigenvalue weighted by Gasteiger charge is 2.35. The van der Waals surface area contributed by atoms with Gasteiger partial charge in [0.05, 0.1) is 28.1 Å². The number of piperazine rings is 1. The maximum atomic E-state index is 13.4. The largest absolute Gasteiger partial charge is 0.368 e. The van der Waals surface area contributed by atoms with Gasteiger partial charge in [-0.05, 0) is 43.5 Å². The van der Waals surface area contributed by atoms with Gasteiger partial charge in [0.25, 0.3) is 11.6 Å². The predicted octanol–water partition coefficient (Wildman–Crippen LogP) is 4.58. The Labute approximate surface area is 196 Å². The molecule has 170 valence electrons. The van der Waals surface area contributed by atoms with Crippen molar-refractivity contribution in [3.8, 4) is 5.69 Å². The van der Waals surface area contributed by atoms with E-state index in [-0.39, 0.29) is 16.5 Å². The zero-order chi connectivity index (χ0) is 23.1. The molecule has 1 aliphatic carbocycles. The molecule has 2 fully saturated rings. The first-order valence-corrected chi connectivity index (χ1v) is 11.4. The van der Waals surface area contributed by atoms with Gasteiger partial charge in [-0.1, -0.05) is 23.7 Å². The third kappa shape index (κ3) is 4.18. The van der Waals surface area contributed by atoms with Gasteiger partial charge in [-0.3, -0.25) is 14.9 Å². The Balaban J connectivity index is 1.34. The van der Waals surface area contributed by atoms with Crippen LogP contribution in [0, 0.1) is 17.0 Å². The van der Waals surface area contributed by atoms with Crippen molar-refractivity contribution in [2.45, 2.75) is 25.7 Å². The van der Waals surface area contributed by atoms with Gasteiger partial charge in [0.2, 0.25) is 0 Å². The Kier molecular flexibility index (Phi) is 5.54. The van der Waals surface area contributed by atoms with Gasteiger partial charge >= 0.3 is 0 Å². The molecule has 0 spiro atoms. The summed E-state index contributed by atoms with van der Waals surface area (Å²) in [5.74, 6) is 0.317. The Bertz CT molecular complexity index is 1230. The van der Waals surface area contributed by atoms with E-state index in [0.717, 1.165) is 35.5 Å². The fraction of sp³-hybridized carbons (Fsp3) is 0.333.